The van der Waals surface area contributed by atoms with Gasteiger partial charge in [0.1, 0.15) is 0 Å². The van der Waals surface area contributed by atoms with Crippen LogP contribution in [0.1, 0.15) is 35.9 Å². The van der Waals surface area contributed by atoms with E-state index >= 15 is 0 Å². The van der Waals surface area contributed by atoms with Crippen LogP contribution in [0.15, 0.2) is 35.1 Å². The Labute approximate surface area is 104 Å². The van der Waals surface area contributed by atoms with Crippen molar-refractivity contribution in [3.63, 3.8) is 0 Å². The van der Waals surface area contributed by atoms with E-state index in [-0.39, 0.29) is 11.6 Å². The number of nitrogens with one attached hydrogen (secondary N) is 1. The molecule has 0 aliphatic heterocycles. The Kier molecular flexibility index (Phi) is 3.06. The minimum absolute atomic E-state index is 0.00111. The van der Waals surface area contributed by atoms with Crippen LogP contribution < -0.4 is 5.69 Å². The standard InChI is InChI=1S/C13H14N2O3/c1-8(2)10-11(12(16)17)15(13(18)14-10)9-6-4-3-5-7-9/h3-8H,1-2H3,(H,14,18)(H,16,17). The topological polar surface area (TPSA) is 75.1 Å². The second kappa shape index (κ2) is 4.52. The highest BCUT2D eigenvalue weighted by Gasteiger charge is 2.22. The van der Waals surface area contributed by atoms with E-state index in [0.29, 0.717) is 11.4 Å². The molecule has 0 amide bonds. The molecule has 0 atom stereocenters. The van der Waals surface area contributed by atoms with Crippen LogP contribution in [0.2, 0.25) is 0 Å². The Balaban J connectivity index is 2.75. The van der Waals surface area contributed by atoms with Crippen molar-refractivity contribution < 1.29 is 9.90 Å². The monoisotopic (exact) mass is 246 g/mol. The zero-order valence-electron chi connectivity index (χ0n) is 10.2. The van der Waals surface area contributed by atoms with Gasteiger partial charge in [0, 0.05) is 0 Å². The molecular weight excluding hydrogens is 232 g/mol. The summed E-state index contributed by atoms with van der Waals surface area (Å²) >= 11 is 0. The summed E-state index contributed by atoms with van der Waals surface area (Å²) in [6.07, 6.45) is 0. The largest absolute Gasteiger partial charge is 0.477 e. The maximum absolute atomic E-state index is 11.9. The van der Waals surface area contributed by atoms with Crippen molar-refractivity contribution >= 4 is 5.97 Å². The molecule has 2 N–H and O–H groups in total. The average Bonchev–Trinajstić information content (AvgIpc) is 2.68. The lowest BCUT2D eigenvalue weighted by Gasteiger charge is -2.07. The highest BCUT2D eigenvalue weighted by Crippen LogP contribution is 2.18. The molecule has 0 aliphatic carbocycles. The van der Waals surface area contributed by atoms with Crippen molar-refractivity contribution in [3.8, 4) is 5.69 Å². The smallest absolute Gasteiger partial charge is 0.354 e. The predicted molar refractivity (Wildman–Crippen MR) is 67.4 cm³/mol. The summed E-state index contributed by atoms with van der Waals surface area (Å²) in [7, 11) is 0. The number of carboxylic acid groups (broad SMARTS) is 1. The van der Waals surface area contributed by atoms with Crippen molar-refractivity contribution in [2.45, 2.75) is 19.8 Å². The van der Waals surface area contributed by atoms with Crippen LogP contribution in [0.3, 0.4) is 0 Å². The Bertz CT molecular complexity index is 623. The average molecular weight is 246 g/mol. The number of carbonyl (C=O) groups is 1. The van der Waals surface area contributed by atoms with Crippen LogP contribution in [0, 0.1) is 0 Å². The van der Waals surface area contributed by atoms with E-state index in [2.05, 4.69) is 4.98 Å². The van der Waals surface area contributed by atoms with Gasteiger partial charge in [0.15, 0.2) is 5.69 Å². The number of rotatable bonds is 3. The lowest BCUT2D eigenvalue weighted by Crippen LogP contribution is -2.19. The Morgan fingerprint density at radius 2 is 1.89 bits per heavy atom. The SMILES string of the molecule is CC(C)c1[nH]c(=O)n(-c2ccccc2)c1C(=O)O. The lowest BCUT2D eigenvalue weighted by atomic mass is 10.1. The van der Waals surface area contributed by atoms with Crippen LogP contribution in [0.4, 0.5) is 0 Å². The van der Waals surface area contributed by atoms with E-state index in [1.807, 2.05) is 19.9 Å². The van der Waals surface area contributed by atoms with Crippen LogP contribution >= 0.6 is 0 Å². The second-order valence-corrected chi connectivity index (χ2v) is 4.32. The van der Waals surface area contributed by atoms with Gasteiger partial charge >= 0.3 is 11.7 Å². The number of aromatic nitrogens is 2. The minimum Gasteiger partial charge on any atom is -0.477 e. The zero-order chi connectivity index (χ0) is 13.3. The first kappa shape index (κ1) is 12.2. The number of aromatic amines is 1. The fourth-order valence-corrected chi connectivity index (χ4v) is 1.90. The molecule has 0 radical (unpaired) electrons. The third-order valence-corrected chi connectivity index (χ3v) is 2.72. The van der Waals surface area contributed by atoms with E-state index in [1.54, 1.807) is 24.3 Å². The molecule has 1 aromatic carbocycles. The molecule has 0 saturated carbocycles. The van der Waals surface area contributed by atoms with Gasteiger partial charge in [-0.2, -0.15) is 0 Å². The Hall–Kier alpha value is -2.30. The first-order valence-corrected chi connectivity index (χ1v) is 5.66. The van der Waals surface area contributed by atoms with Gasteiger partial charge in [-0.15, -0.1) is 0 Å². The summed E-state index contributed by atoms with van der Waals surface area (Å²) in [5, 5.41) is 9.29. The Morgan fingerprint density at radius 1 is 1.28 bits per heavy atom. The number of para-hydroxylation sites is 1. The molecule has 1 aromatic heterocycles. The molecule has 0 unspecified atom stereocenters. The summed E-state index contributed by atoms with van der Waals surface area (Å²) in [5.41, 5.74) is 0.558. The number of hydrogen-bond acceptors (Lipinski definition) is 2. The number of aromatic carboxylic acids is 1. The minimum atomic E-state index is -1.11. The van der Waals surface area contributed by atoms with Crippen LogP contribution in [-0.2, 0) is 0 Å². The molecule has 0 saturated heterocycles. The van der Waals surface area contributed by atoms with Gasteiger partial charge in [0.25, 0.3) is 0 Å². The quantitative estimate of drug-likeness (QED) is 0.869. The maximum Gasteiger partial charge on any atom is 0.354 e. The van der Waals surface area contributed by atoms with Crippen molar-refractivity contribution in [2.75, 3.05) is 0 Å². The van der Waals surface area contributed by atoms with Gasteiger partial charge in [-0.1, -0.05) is 32.0 Å². The third-order valence-electron chi connectivity index (χ3n) is 2.72. The Morgan fingerprint density at radius 3 is 2.39 bits per heavy atom. The molecule has 0 bridgehead atoms. The highest BCUT2D eigenvalue weighted by atomic mass is 16.4. The van der Waals surface area contributed by atoms with Gasteiger partial charge in [-0.3, -0.25) is 4.57 Å². The normalized spacial score (nSPS) is 10.8. The van der Waals surface area contributed by atoms with Gasteiger partial charge in [-0.25, -0.2) is 9.59 Å². The highest BCUT2D eigenvalue weighted by molar-refractivity contribution is 5.88. The van der Waals surface area contributed by atoms with Crippen molar-refractivity contribution in [1.82, 2.24) is 9.55 Å². The lowest BCUT2D eigenvalue weighted by molar-refractivity contribution is 0.0686. The van der Waals surface area contributed by atoms with Gasteiger partial charge in [0.2, 0.25) is 0 Å². The number of benzene rings is 1. The van der Waals surface area contributed by atoms with E-state index in [1.165, 1.54) is 4.57 Å². The number of imidazole rings is 1. The summed E-state index contributed by atoms with van der Waals surface area (Å²) in [4.78, 5) is 25.9. The van der Waals surface area contributed by atoms with E-state index in [9.17, 15) is 14.7 Å². The zero-order valence-corrected chi connectivity index (χ0v) is 10.2. The predicted octanol–water partition coefficient (Wildman–Crippen LogP) is 1.99. The summed E-state index contributed by atoms with van der Waals surface area (Å²) in [5.74, 6) is -1.17. The van der Waals surface area contributed by atoms with Crippen LogP contribution in [-0.4, -0.2) is 20.6 Å². The number of hydrogen-bond donors (Lipinski definition) is 2. The molecular formula is C13H14N2O3. The summed E-state index contributed by atoms with van der Waals surface area (Å²) in [6, 6.07) is 8.73. The molecule has 2 aromatic rings. The first-order chi connectivity index (χ1) is 8.52. The first-order valence-electron chi connectivity index (χ1n) is 5.66. The number of carboxylic acids is 1. The molecule has 2 rings (SSSR count). The van der Waals surface area contributed by atoms with Crippen molar-refractivity contribution in [3.05, 3.63) is 52.2 Å². The van der Waals surface area contributed by atoms with E-state index in [0.717, 1.165) is 0 Å². The molecule has 5 heteroatoms. The summed E-state index contributed by atoms with van der Waals surface area (Å²) < 4.78 is 1.19. The van der Waals surface area contributed by atoms with Crippen molar-refractivity contribution in [2.24, 2.45) is 0 Å². The molecule has 0 spiro atoms. The second-order valence-electron chi connectivity index (χ2n) is 4.32. The molecule has 5 nitrogen and oxygen atoms in total. The number of nitrogens with zero attached hydrogens (tertiary/aromatic N) is 1. The van der Waals surface area contributed by atoms with E-state index in [4.69, 9.17) is 0 Å². The summed E-state index contributed by atoms with van der Waals surface area (Å²) in [6.45, 7) is 3.68. The van der Waals surface area contributed by atoms with Gasteiger partial charge < -0.3 is 10.1 Å². The molecule has 1 heterocycles. The third kappa shape index (κ3) is 1.95. The number of H-pyrrole nitrogens is 1. The fourth-order valence-electron chi connectivity index (χ4n) is 1.90. The molecule has 0 fully saturated rings. The molecule has 0 aliphatic rings. The molecule has 18 heavy (non-hydrogen) atoms. The van der Waals surface area contributed by atoms with Crippen LogP contribution in [0.5, 0.6) is 0 Å². The van der Waals surface area contributed by atoms with Gasteiger partial charge in [-0.05, 0) is 18.1 Å². The van der Waals surface area contributed by atoms with Crippen LogP contribution in [0.25, 0.3) is 5.69 Å². The van der Waals surface area contributed by atoms with Gasteiger partial charge in [0.05, 0.1) is 11.4 Å². The maximum atomic E-state index is 11.9. The van der Waals surface area contributed by atoms with Crippen molar-refractivity contribution in [1.29, 1.82) is 0 Å². The molecule has 94 valence electrons. The fraction of sp³-hybridized carbons (Fsp3) is 0.231. The van der Waals surface area contributed by atoms with E-state index < -0.39 is 11.7 Å².